The number of benzene rings is 1. The summed E-state index contributed by atoms with van der Waals surface area (Å²) in [4.78, 5) is 21.4. The third-order valence-corrected chi connectivity index (χ3v) is 4.87. The summed E-state index contributed by atoms with van der Waals surface area (Å²) in [6, 6.07) is 7.22. The maximum atomic E-state index is 14.2. The third kappa shape index (κ3) is 4.90. The number of alkyl halides is 3. The van der Waals surface area contributed by atoms with Gasteiger partial charge in [0.25, 0.3) is 5.91 Å². The highest BCUT2D eigenvalue weighted by Gasteiger charge is 2.31. The molecular formula is C22H18F4N6O2. The summed E-state index contributed by atoms with van der Waals surface area (Å²) in [6.45, 7) is 1.63. The number of nitrogens with two attached hydrogens (primary N) is 1. The van der Waals surface area contributed by atoms with E-state index in [1.165, 1.54) is 4.52 Å². The number of aromatic nitrogens is 4. The number of hydrogen-bond donors (Lipinski definition) is 2. The van der Waals surface area contributed by atoms with Gasteiger partial charge >= 0.3 is 6.36 Å². The number of pyridine rings is 2. The number of aryl methyl sites for hydroxylation is 2. The van der Waals surface area contributed by atoms with Crippen molar-refractivity contribution in [1.29, 1.82) is 0 Å². The van der Waals surface area contributed by atoms with E-state index in [1.807, 2.05) is 0 Å². The predicted molar refractivity (Wildman–Crippen MR) is 114 cm³/mol. The molecule has 3 heterocycles. The van der Waals surface area contributed by atoms with Gasteiger partial charge in [-0.15, -0.1) is 18.3 Å². The van der Waals surface area contributed by atoms with Gasteiger partial charge in [0.15, 0.2) is 5.65 Å². The highest BCUT2D eigenvalue weighted by molar-refractivity contribution is 5.96. The Hall–Kier alpha value is -4.22. The van der Waals surface area contributed by atoms with Crippen LogP contribution in [0.1, 0.15) is 28.7 Å². The van der Waals surface area contributed by atoms with Gasteiger partial charge in [-0.3, -0.25) is 9.78 Å². The molecule has 0 saturated carbocycles. The van der Waals surface area contributed by atoms with Crippen molar-refractivity contribution < 1.29 is 28.5 Å². The molecule has 3 aromatic heterocycles. The van der Waals surface area contributed by atoms with E-state index in [0.717, 1.165) is 12.1 Å². The number of anilines is 1. The third-order valence-electron chi connectivity index (χ3n) is 4.87. The first-order valence-electron chi connectivity index (χ1n) is 10.4. The first-order chi connectivity index (χ1) is 16.4. The topological polar surface area (TPSA) is 107 Å². The molecule has 34 heavy (non-hydrogen) atoms. The minimum absolute atomic E-state index is 0.0967. The zero-order valence-electron chi connectivity index (χ0n) is 18.8. The van der Waals surface area contributed by atoms with Gasteiger partial charge in [-0.25, -0.2) is 8.91 Å². The smallest absolute Gasteiger partial charge is 0.406 e. The molecule has 0 aliphatic rings. The molecule has 176 valence electrons. The number of nitrogens with zero attached hydrogens (tertiary/aromatic N) is 4. The quantitative estimate of drug-likeness (QED) is 0.423. The van der Waals surface area contributed by atoms with Gasteiger partial charge in [-0.2, -0.15) is 4.98 Å². The normalized spacial score (nSPS) is 12.9. The highest BCUT2D eigenvalue weighted by Crippen LogP contribution is 2.27. The zero-order valence-corrected chi connectivity index (χ0v) is 17.8. The maximum absolute atomic E-state index is 14.2. The second-order valence-electron chi connectivity index (χ2n) is 7.29. The van der Waals surface area contributed by atoms with Crippen molar-refractivity contribution in [3.05, 3.63) is 70.9 Å². The van der Waals surface area contributed by atoms with Crippen molar-refractivity contribution in [3.63, 3.8) is 0 Å². The summed E-state index contributed by atoms with van der Waals surface area (Å²) >= 11 is 0. The van der Waals surface area contributed by atoms with Crippen LogP contribution in [0.2, 0.25) is 0 Å². The van der Waals surface area contributed by atoms with E-state index in [1.54, 1.807) is 38.2 Å². The van der Waals surface area contributed by atoms with E-state index in [2.05, 4.69) is 25.1 Å². The molecular weight excluding hydrogens is 456 g/mol. The molecule has 0 aliphatic heterocycles. The molecule has 12 heteroatoms. The average molecular weight is 475 g/mol. The lowest BCUT2D eigenvalue weighted by Gasteiger charge is -2.13. The second-order valence-corrected chi connectivity index (χ2v) is 7.29. The van der Waals surface area contributed by atoms with Crippen LogP contribution in [0.3, 0.4) is 0 Å². The number of amides is 1. The number of nitrogens with one attached hydrogen (secondary N) is 1. The molecule has 8 nitrogen and oxygen atoms in total. The van der Waals surface area contributed by atoms with Crippen molar-refractivity contribution in [2.75, 3.05) is 5.73 Å². The number of carbonyl (C=O) groups excluding carboxylic acids is 1. The van der Waals surface area contributed by atoms with Crippen LogP contribution in [0, 0.1) is 19.7 Å². The fourth-order valence-electron chi connectivity index (χ4n) is 3.36. The van der Waals surface area contributed by atoms with Gasteiger partial charge in [0.1, 0.15) is 11.6 Å². The van der Waals surface area contributed by atoms with Crippen LogP contribution in [0.25, 0.3) is 16.8 Å². The molecule has 0 aliphatic carbocycles. The minimum atomic E-state index is -4.99. The Morgan fingerprint density at radius 2 is 1.94 bits per heavy atom. The molecule has 1 aromatic carbocycles. The van der Waals surface area contributed by atoms with Crippen LogP contribution in [-0.2, 0) is 6.52 Å². The van der Waals surface area contributed by atoms with Crippen LogP contribution < -0.4 is 15.8 Å². The van der Waals surface area contributed by atoms with E-state index in [9.17, 15) is 22.4 Å². The summed E-state index contributed by atoms with van der Waals surface area (Å²) in [5.74, 6) is -2.34. The van der Waals surface area contributed by atoms with Crippen molar-refractivity contribution in [1.82, 2.24) is 24.9 Å². The molecule has 0 bridgehead atoms. The number of carbonyl (C=O) groups is 1. The van der Waals surface area contributed by atoms with E-state index in [-0.39, 0.29) is 11.5 Å². The summed E-state index contributed by atoms with van der Waals surface area (Å²) in [7, 11) is 0. The Balaban J connectivity index is 1.63. The molecule has 4 aromatic rings. The molecule has 1 unspecified atom stereocenters. The van der Waals surface area contributed by atoms with Crippen LogP contribution in [-0.4, -0.2) is 31.9 Å². The van der Waals surface area contributed by atoms with Crippen molar-refractivity contribution in [2.45, 2.75) is 26.7 Å². The van der Waals surface area contributed by atoms with Gasteiger partial charge in [0.05, 0.1) is 12.6 Å². The van der Waals surface area contributed by atoms with Crippen LogP contribution >= 0.6 is 0 Å². The summed E-state index contributed by atoms with van der Waals surface area (Å²) in [5, 5.41) is 6.29. The first kappa shape index (κ1) is 21.6. The number of rotatable bonds is 5. The fraction of sp³-hybridized carbons (Fsp3) is 0.182. The van der Waals surface area contributed by atoms with Crippen LogP contribution in [0.5, 0.6) is 5.75 Å². The molecule has 0 fully saturated rings. The molecule has 0 spiro atoms. The average Bonchev–Trinajstić information content (AvgIpc) is 3.13. The van der Waals surface area contributed by atoms with Gasteiger partial charge in [-0.05, 0) is 55.8 Å². The van der Waals surface area contributed by atoms with Gasteiger partial charge in [0, 0.05) is 29.5 Å². The lowest BCUT2D eigenvalue weighted by atomic mass is 10.0. The highest BCUT2D eigenvalue weighted by atomic mass is 19.4. The number of ether oxygens (including phenoxy) is 1. The van der Waals surface area contributed by atoms with Crippen molar-refractivity contribution >= 4 is 17.5 Å². The number of fused-ring (bicyclic) bond motifs is 1. The van der Waals surface area contributed by atoms with Gasteiger partial charge in [0.2, 0.25) is 5.95 Å². The standard InChI is InChI=1S/C22H18F4N6O2/c1-11-16(13-5-6-32-19(8-13)30-21(27)31-32)9-17(12(2)29-11)20(33)28-10-14-7-15(3-4-18(14)23)34-22(24,25)26/h3-9H,10H2,1-2H3,(H2,27,31)(H,28,33)/i10D. The fourth-order valence-corrected chi connectivity index (χ4v) is 3.36. The first-order valence-corrected chi connectivity index (χ1v) is 9.80. The van der Waals surface area contributed by atoms with Crippen molar-refractivity contribution in [2.24, 2.45) is 0 Å². The minimum Gasteiger partial charge on any atom is -0.406 e. The SMILES string of the molecule is [2H]C(NC(=O)c1cc(-c2ccn3nc(N)nc3c2)c(C)nc1C)c1cc(OC(F)(F)F)ccc1F. The van der Waals surface area contributed by atoms with E-state index in [0.29, 0.717) is 34.2 Å². The molecule has 1 atom stereocenters. The largest absolute Gasteiger partial charge is 0.573 e. The number of hydrogen-bond acceptors (Lipinski definition) is 6. The van der Waals surface area contributed by atoms with E-state index >= 15 is 0 Å². The number of halogens is 4. The Morgan fingerprint density at radius 1 is 1.18 bits per heavy atom. The molecule has 4 rings (SSSR count). The molecule has 3 N–H and O–H groups in total. The molecule has 0 saturated heterocycles. The Labute approximate surface area is 191 Å². The Bertz CT molecular complexity index is 1440. The Kier molecular flexibility index (Phi) is 5.48. The summed E-state index contributed by atoms with van der Waals surface area (Å²) < 4.78 is 65.1. The van der Waals surface area contributed by atoms with Gasteiger partial charge in [-0.1, -0.05) is 0 Å². The molecule has 1 amide bonds. The number of nitrogen functional groups attached to an aromatic ring is 1. The predicted octanol–water partition coefficient (Wildman–Crippen LogP) is 3.96. The zero-order chi connectivity index (χ0) is 25.5. The lowest BCUT2D eigenvalue weighted by Crippen LogP contribution is -2.25. The summed E-state index contributed by atoms with van der Waals surface area (Å²) in [6.07, 6.45) is -3.34. The summed E-state index contributed by atoms with van der Waals surface area (Å²) in [5.41, 5.74) is 7.94. The monoisotopic (exact) mass is 475 g/mol. The lowest BCUT2D eigenvalue weighted by molar-refractivity contribution is -0.274. The van der Waals surface area contributed by atoms with E-state index < -0.39 is 35.9 Å². The second kappa shape index (κ2) is 8.61. The van der Waals surface area contributed by atoms with Crippen LogP contribution in [0.4, 0.5) is 23.5 Å². The molecule has 0 radical (unpaired) electrons. The maximum Gasteiger partial charge on any atom is 0.573 e. The van der Waals surface area contributed by atoms with Crippen LogP contribution in [0.15, 0.2) is 42.6 Å². The van der Waals surface area contributed by atoms with Crippen molar-refractivity contribution in [3.8, 4) is 16.9 Å². The van der Waals surface area contributed by atoms with Gasteiger partial charge < -0.3 is 15.8 Å². The van der Waals surface area contributed by atoms with E-state index in [4.69, 9.17) is 7.10 Å². The Morgan fingerprint density at radius 3 is 2.68 bits per heavy atom.